The molecule has 7 heteroatoms. The van der Waals surface area contributed by atoms with Gasteiger partial charge in [0, 0.05) is 18.2 Å². The zero-order valence-electron chi connectivity index (χ0n) is 18.8. The molecule has 30 heavy (non-hydrogen) atoms. The monoisotopic (exact) mass is 415 g/mol. The Labute approximate surface area is 179 Å². The molecule has 7 nitrogen and oxygen atoms in total. The van der Waals surface area contributed by atoms with Crippen LogP contribution in [0.2, 0.25) is 0 Å². The van der Waals surface area contributed by atoms with Crippen LogP contribution in [0.15, 0.2) is 24.3 Å². The molecule has 1 aliphatic heterocycles. The first-order valence-electron chi connectivity index (χ1n) is 10.8. The summed E-state index contributed by atoms with van der Waals surface area (Å²) in [4.78, 5) is 39.9. The number of quaternary nitrogens is 1. The molecular formula is C23H35N4O3+. The Hall–Kier alpha value is -2.41. The van der Waals surface area contributed by atoms with Gasteiger partial charge in [-0.05, 0) is 49.1 Å². The Morgan fingerprint density at radius 2 is 1.80 bits per heavy atom. The summed E-state index contributed by atoms with van der Waals surface area (Å²) < 4.78 is 0. The zero-order valence-corrected chi connectivity index (χ0v) is 18.8. The van der Waals surface area contributed by atoms with E-state index in [4.69, 9.17) is 0 Å². The Bertz CT molecular complexity index is 805. The van der Waals surface area contributed by atoms with Crippen molar-refractivity contribution in [2.24, 2.45) is 11.3 Å². The van der Waals surface area contributed by atoms with Crippen molar-refractivity contribution in [3.63, 3.8) is 0 Å². The number of rotatable bonds is 5. The number of carbonyl (C=O) groups excluding carboxylic acids is 3. The van der Waals surface area contributed by atoms with Gasteiger partial charge in [-0.1, -0.05) is 32.9 Å². The van der Waals surface area contributed by atoms with Crippen LogP contribution in [0.5, 0.6) is 0 Å². The lowest BCUT2D eigenvalue weighted by Crippen LogP contribution is -3.09. The summed E-state index contributed by atoms with van der Waals surface area (Å²) in [6, 6.07) is 7.13. The molecule has 0 aromatic heterocycles. The normalized spacial score (nSPS) is 25.4. The number of carbonyl (C=O) groups is 3. The number of imide groups is 1. The number of nitrogens with one attached hydrogen (secondary N) is 3. The molecule has 164 valence electrons. The van der Waals surface area contributed by atoms with Crippen LogP contribution in [0, 0.1) is 11.3 Å². The van der Waals surface area contributed by atoms with Crippen molar-refractivity contribution >= 4 is 17.8 Å². The van der Waals surface area contributed by atoms with Gasteiger partial charge in [0.05, 0.1) is 7.05 Å². The van der Waals surface area contributed by atoms with Gasteiger partial charge in [0.25, 0.3) is 11.8 Å². The maximum Gasteiger partial charge on any atom is 0.329 e. The summed E-state index contributed by atoms with van der Waals surface area (Å²) in [5, 5.41) is 5.62. The maximum absolute atomic E-state index is 13.2. The first kappa shape index (κ1) is 22.3. The summed E-state index contributed by atoms with van der Waals surface area (Å²) in [6.07, 6.45) is 3.36. The molecule has 2 aliphatic rings. The van der Waals surface area contributed by atoms with Gasteiger partial charge in [-0.15, -0.1) is 0 Å². The molecule has 1 unspecified atom stereocenters. The largest absolute Gasteiger partial charge is 0.355 e. The molecule has 0 bridgehead atoms. The predicted octanol–water partition coefficient (Wildman–Crippen LogP) is 1.55. The molecule has 1 aliphatic carbocycles. The van der Waals surface area contributed by atoms with Gasteiger partial charge in [0.15, 0.2) is 6.67 Å². The number of hydrogen-bond donors (Lipinski definition) is 3. The minimum absolute atomic E-state index is 0.0748. The molecule has 1 atom stereocenters. The topological polar surface area (TPSA) is 82.9 Å². The van der Waals surface area contributed by atoms with E-state index in [2.05, 4.69) is 31.4 Å². The van der Waals surface area contributed by atoms with Gasteiger partial charge in [-0.3, -0.25) is 9.59 Å². The van der Waals surface area contributed by atoms with Crippen molar-refractivity contribution in [3.8, 4) is 0 Å². The average molecular weight is 416 g/mol. The fourth-order valence-corrected chi connectivity index (χ4v) is 4.73. The first-order valence-corrected chi connectivity index (χ1v) is 10.8. The molecule has 3 rings (SSSR count). The van der Waals surface area contributed by atoms with Crippen molar-refractivity contribution in [1.29, 1.82) is 0 Å². The summed E-state index contributed by atoms with van der Waals surface area (Å²) in [6.45, 7) is 7.72. The first-order chi connectivity index (χ1) is 14.1. The highest BCUT2D eigenvalue weighted by atomic mass is 16.2. The van der Waals surface area contributed by atoms with Gasteiger partial charge in [-0.2, -0.15) is 0 Å². The second-order valence-electron chi connectivity index (χ2n) is 9.95. The molecule has 3 N–H and O–H groups in total. The number of benzene rings is 1. The lowest BCUT2D eigenvalue weighted by molar-refractivity contribution is -0.901. The number of nitrogens with zero attached hydrogens (tertiary/aromatic N) is 1. The number of amides is 4. The van der Waals surface area contributed by atoms with Crippen molar-refractivity contribution in [1.82, 2.24) is 15.5 Å². The molecule has 1 spiro atoms. The number of hydrogen-bond acceptors (Lipinski definition) is 3. The van der Waals surface area contributed by atoms with Gasteiger partial charge < -0.3 is 15.5 Å². The second-order valence-corrected chi connectivity index (χ2v) is 9.95. The van der Waals surface area contributed by atoms with E-state index in [9.17, 15) is 14.4 Å². The van der Waals surface area contributed by atoms with Crippen molar-refractivity contribution in [2.45, 2.75) is 58.5 Å². The van der Waals surface area contributed by atoms with Crippen molar-refractivity contribution < 1.29 is 19.3 Å². The van der Waals surface area contributed by atoms with Crippen LogP contribution in [0.25, 0.3) is 0 Å². The van der Waals surface area contributed by atoms with E-state index < -0.39 is 5.54 Å². The fraction of sp³-hybridized carbons (Fsp3) is 0.609. The SMILES string of the molecule is CNC(=O)c1ccc(C[NH+](C)CN2C(=O)NC3(CCC(C(C)(C)C)CC3)C2=O)cc1. The third-order valence-corrected chi connectivity index (χ3v) is 6.69. The van der Waals surface area contributed by atoms with E-state index >= 15 is 0 Å². The Morgan fingerprint density at radius 1 is 1.20 bits per heavy atom. The van der Waals surface area contributed by atoms with Gasteiger partial charge in [0.2, 0.25) is 0 Å². The molecule has 1 heterocycles. The molecule has 1 aromatic carbocycles. The summed E-state index contributed by atoms with van der Waals surface area (Å²) >= 11 is 0. The van der Waals surface area contributed by atoms with Crippen LogP contribution in [-0.2, 0) is 11.3 Å². The van der Waals surface area contributed by atoms with Crippen LogP contribution in [0.4, 0.5) is 4.79 Å². The van der Waals surface area contributed by atoms with Crippen LogP contribution in [0.1, 0.15) is 62.4 Å². The highest BCUT2D eigenvalue weighted by Crippen LogP contribution is 2.43. The molecule has 1 saturated heterocycles. The molecule has 4 amide bonds. The van der Waals surface area contributed by atoms with Gasteiger partial charge in [-0.25, -0.2) is 9.69 Å². The average Bonchev–Trinajstić information content (AvgIpc) is 2.91. The number of urea groups is 1. The standard InChI is InChI=1S/C23H34N4O3/c1-22(2,3)18-10-12-23(13-11-18)20(29)27(21(30)25-23)15-26(5)14-16-6-8-17(9-7-16)19(28)24-4/h6-9,18H,10-15H2,1-5H3,(H,24,28)(H,25,30)/p+1. The predicted molar refractivity (Wildman–Crippen MR) is 115 cm³/mol. The van der Waals surface area contributed by atoms with Gasteiger partial charge in [0.1, 0.15) is 12.1 Å². The van der Waals surface area contributed by atoms with E-state index in [1.54, 1.807) is 19.2 Å². The van der Waals surface area contributed by atoms with E-state index in [1.807, 2.05) is 19.2 Å². The third-order valence-electron chi connectivity index (χ3n) is 6.69. The summed E-state index contributed by atoms with van der Waals surface area (Å²) in [7, 11) is 3.57. The third kappa shape index (κ3) is 4.51. The molecule has 0 radical (unpaired) electrons. The van der Waals surface area contributed by atoms with Crippen molar-refractivity contribution in [2.75, 3.05) is 20.8 Å². The Balaban J connectivity index is 1.60. The minimum Gasteiger partial charge on any atom is -0.355 e. The van der Waals surface area contributed by atoms with E-state index in [1.165, 1.54) is 4.90 Å². The summed E-state index contributed by atoms with van der Waals surface area (Å²) in [5.41, 5.74) is 1.17. The van der Waals surface area contributed by atoms with Crippen LogP contribution >= 0.6 is 0 Å². The Morgan fingerprint density at radius 3 is 2.33 bits per heavy atom. The van der Waals surface area contributed by atoms with Crippen LogP contribution < -0.4 is 15.5 Å². The lowest BCUT2D eigenvalue weighted by Gasteiger charge is -2.40. The smallest absolute Gasteiger partial charge is 0.329 e. The van der Waals surface area contributed by atoms with Crippen LogP contribution in [-0.4, -0.2) is 49.0 Å². The van der Waals surface area contributed by atoms with E-state index in [-0.39, 0.29) is 23.3 Å². The maximum atomic E-state index is 13.2. The zero-order chi connectivity index (χ0) is 22.1. The molecular weight excluding hydrogens is 380 g/mol. The highest BCUT2D eigenvalue weighted by molar-refractivity contribution is 6.07. The minimum atomic E-state index is -0.714. The second kappa shape index (κ2) is 8.38. The van der Waals surface area contributed by atoms with Crippen LogP contribution in [0.3, 0.4) is 0 Å². The highest BCUT2D eigenvalue weighted by Gasteiger charge is 2.53. The molecule has 2 fully saturated rings. The molecule has 1 aromatic rings. The Kier molecular flexibility index (Phi) is 6.22. The summed E-state index contributed by atoms with van der Waals surface area (Å²) in [5.74, 6) is 0.384. The van der Waals surface area contributed by atoms with Crippen molar-refractivity contribution in [3.05, 3.63) is 35.4 Å². The van der Waals surface area contributed by atoms with E-state index in [0.717, 1.165) is 36.1 Å². The van der Waals surface area contributed by atoms with E-state index in [0.29, 0.717) is 24.7 Å². The lowest BCUT2D eigenvalue weighted by atomic mass is 9.67. The van der Waals surface area contributed by atoms with Gasteiger partial charge >= 0.3 is 6.03 Å². The fourth-order valence-electron chi connectivity index (χ4n) is 4.73. The molecule has 1 saturated carbocycles. The quantitative estimate of drug-likeness (QED) is 0.638.